The van der Waals surface area contributed by atoms with E-state index in [1.165, 1.54) is 31.0 Å². The maximum absolute atomic E-state index is 10.4. The third-order valence-electron chi connectivity index (χ3n) is 5.24. The summed E-state index contributed by atoms with van der Waals surface area (Å²) in [6.07, 6.45) is 4.12. The van der Waals surface area contributed by atoms with Gasteiger partial charge in [-0.2, -0.15) is 5.26 Å². The van der Waals surface area contributed by atoms with Crippen LogP contribution in [0.25, 0.3) is 5.70 Å². The second-order valence-electron chi connectivity index (χ2n) is 7.18. The molecule has 7 heteroatoms. The van der Waals surface area contributed by atoms with Crippen molar-refractivity contribution in [3.05, 3.63) is 28.2 Å². The fraction of sp³-hybridized carbons (Fsp3) is 0.571. The van der Waals surface area contributed by atoms with Crippen molar-refractivity contribution in [2.24, 2.45) is 0 Å². The lowest BCUT2D eigenvalue weighted by molar-refractivity contribution is 0.117. The number of allylic oxidation sites excluding steroid dienone is 1. The van der Waals surface area contributed by atoms with Gasteiger partial charge in [-0.05, 0) is 50.0 Å². The Morgan fingerprint density at radius 3 is 2.64 bits per heavy atom. The zero-order chi connectivity index (χ0) is 19.9. The molecule has 0 amide bonds. The summed E-state index contributed by atoms with van der Waals surface area (Å²) in [5.74, 6) is 1.85. The molecular weight excluding hydrogens is 374 g/mol. The molecule has 0 saturated carbocycles. The number of aliphatic hydroxyl groups is 1. The van der Waals surface area contributed by atoms with E-state index in [9.17, 15) is 10.4 Å². The molecule has 3 rings (SSSR count). The van der Waals surface area contributed by atoms with Crippen LogP contribution in [0.2, 0.25) is 0 Å². The molecule has 1 aromatic rings. The molecule has 152 valence electrons. The van der Waals surface area contributed by atoms with Crippen molar-refractivity contribution < 1.29 is 14.6 Å². The predicted molar refractivity (Wildman–Crippen MR) is 113 cm³/mol. The fourth-order valence-electron chi connectivity index (χ4n) is 3.81. The predicted octanol–water partition coefficient (Wildman–Crippen LogP) is 2.62. The monoisotopic (exact) mass is 403 g/mol. The summed E-state index contributed by atoms with van der Waals surface area (Å²) in [5.41, 5.74) is 2.92. The Kier molecular flexibility index (Phi) is 7.49. The Balaban J connectivity index is 1.75. The van der Waals surface area contributed by atoms with E-state index >= 15 is 0 Å². The summed E-state index contributed by atoms with van der Waals surface area (Å²) in [4.78, 5) is 2.92. The molecule has 2 heterocycles. The Morgan fingerprint density at radius 1 is 1.25 bits per heavy atom. The lowest BCUT2D eigenvalue weighted by Gasteiger charge is -2.28. The van der Waals surface area contributed by atoms with E-state index in [0.717, 1.165) is 42.9 Å². The molecule has 1 fully saturated rings. The fourth-order valence-corrected chi connectivity index (χ4v) is 4.67. The molecule has 1 unspecified atom stereocenters. The molecule has 2 aliphatic heterocycles. The molecule has 0 aliphatic carbocycles. The molecule has 1 saturated heterocycles. The number of nitrogens with zero attached hydrogens (tertiary/aromatic N) is 2. The van der Waals surface area contributed by atoms with Crippen molar-refractivity contribution in [1.82, 2.24) is 10.2 Å². The van der Waals surface area contributed by atoms with Gasteiger partial charge in [0.05, 0.1) is 26.0 Å². The minimum Gasteiger partial charge on any atom is -0.493 e. The minimum atomic E-state index is -0.444. The molecule has 0 bridgehead atoms. The van der Waals surface area contributed by atoms with Crippen molar-refractivity contribution in [3.8, 4) is 17.6 Å². The summed E-state index contributed by atoms with van der Waals surface area (Å²) in [7, 11) is 3.24. The van der Waals surface area contributed by atoms with Crippen LogP contribution in [-0.4, -0.2) is 62.3 Å². The van der Waals surface area contributed by atoms with Gasteiger partial charge in [-0.25, -0.2) is 0 Å². The molecule has 2 N–H and O–H groups in total. The molecule has 0 aromatic heterocycles. The first-order valence-corrected chi connectivity index (χ1v) is 10.8. The van der Waals surface area contributed by atoms with Crippen LogP contribution in [0.3, 0.4) is 0 Å². The summed E-state index contributed by atoms with van der Waals surface area (Å²) >= 11 is 1.42. The Labute approximate surface area is 171 Å². The van der Waals surface area contributed by atoms with Crippen molar-refractivity contribution in [1.29, 1.82) is 5.26 Å². The van der Waals surface area contributed by atoms with Crippen LogP contribution in [0.1, 0.15) is 30.4 Å². The van der Waals surface area contributed by atoms with Gasteiger partial charge in [0.2, 0.25) is 0 Å². The molecular formula is C21H29N3O3S. The number of aliphatic hydroxyl groups excluding tert-OH is 1. The van der Waals surface area contributed by atoms with Gasteiger partial charge in [-0.1, -0.05) is 6.42 Å². The first-order valence-electron chi connectivity index (χ1n) is 9.83. The third kappa shape index (κ3) is 4.93. The number of β-amino-alcohol motifs (C(OH)–C–C–N with tert-alkyl or cyclic N) is 1. The van der Waals surface area contributed by atoms with Crippen molar-refractivity contribution >= 4 is 17.5 Å². The van der Waals surface area contributed by atoms with Crippen LogP contribution < -0.4 is 14.8 Å². The van der Waals surface area contributed by atoms with E-state index in [1.54, 1.807) is 14.2 Å². The van der Waals surface area contributed by atoms with E-state index in [-0.39, 0.29) is 0 Å². The van der Waals surface area contributed by atoms with Gasteiger partial charge in [0, 0.05) is 24.4 Å². The van der Waals surface area contributed by atoms with Crippen molar-refractivity contribution in [2.45, 2.75) is 31.8 Å². The topological polar surface area (TPSA) is 77.8 Å². The Bertz CT molecular complexity index is 754. The molecule has 1 atom stereocenters. The van der Waals surface area contributed by atoms with Crippen LogP contribution in [0.4, 0.5) is 0 Å². The number of thioether (sulfide) groups is 1. The zero-order valence-corrected chi connectivity index (χ0v) is 17.5. The first-order chi connectivity index (χ1) is 13.7. The maximum atomic E-state index is 10.4. The number of likely N-dealkylation sites (tertiary alicyclic amines) is 1. The smallest absolute Gasteiger partial charge is 0.161 e. The molecule has 6 nitrogen and oxygen atoms in total. The molecule has 0 radical (unpaired) electrons. The molecule has 28 heavy (non-hydrogen) atoms. The molecule has 1 aromatic carbocycles. The van der Waals surface area contributed by atoms with E-state index < -0.39 is 6.10 Å². The average molecular weight is 404 g/mol. The van der Waals surface area contributed by atoms with Crippen LogP contribution >= 0.6 is 11.8 Å². The quantitative estimate of drug-likeness (QED) is 0.678. The Morgan fingerprint density at radius 2 is 1.96 bits per heavy atom. The van der Waals surface area contributed by atoms with E-state index in [0.29, 0.717) is 28.7 Å². The molecule has 2 aliphatic rings. The highest BCUT2D eigenvalue weighted by atomic mass is 32.2. The number of nitriles is 1. The van der Waals surface area contributed by atoms with Crippen LogP contribution in [0.15, 0.2) is 17.0 Å². The van der Waals surface area contributed by atoms with Gasteiger partial charge >= 0.3 is 0 Å². The summed E-state index contributed by atoms with van der Waals surface area (Å²) in [6, 6.07) is 6.24. The summed E-state index contributed by atoms with van der Waals surface area (Å²) < 4.78 is 10.8. The maximum Gasteiger partial charge on any atom is 0.161 e. The van der Waals surface area contributed by atoms with Crippen molar-refractivity contribution in [2.75, 3.05) is 46.2 Å². The highest BCUT2D eigenvalue weighted by Gasteiger charge is 2.22. The number of rotatable bonds is 7. The normalized spacial score (nSPS) is 19.8. The van der Waals surface area contributed by atoms with E-state index in [1.807, 2.05) is 12.1 Å². The largest absolute Gasteiger partial charge is 0.493 e. The lowest BCUT2D eigenvalue weighted by atomic mass is 9.97. The van der Waals surface area contributed by atoms with Crippen LogP contribution in [0.5, 0.6) is 11.5 Å². The van der Waals surface area contributed by atoms with Gasteiger partial charge in [-0.15, -0.1) is 11.8 Å². The van der Waals surface area contributed by atoms with Gasteiger partial charge in [0.1, 0.15) is 11.0 Å². The number of hydrogen-bond acceptors (Lipinski definition) is 7. The van der Waals surface area contributed by atoms with Gasteiger partial charge in [0.15, 0.2) is 11.5 Å². The number of piperidine rings is 1. The SMILES string of the molecule is COc1cc2c(cc1OC)C(=C(C#N)SCC(O)CN1CCCCC1)NCC2. The van der Waals surface area contributed by atoms with Crippen LogP contribution in [0, 0.1) is 11.3 Å². The summed E-state index contributed by atoms with van der Waals surface area (Å²) in [5, 5.41) is 23.6. The van der Waals surface area contributed by atoms with Gasteiger partial charge in [-0.3, -0.25) is 0 Å². The van der Waals surface area contributed by atoms with Crippen LogP contribution in [-0.2, 0) is 6.42 Å². The number of ether oxygens (including phenoxy) is 2. The summed E-state index contributed by atoms with van der Waals surface area (Å²) in [6.45, 7) is 3.56. The standard InChI is InChI=1S/C21H29N3O3S/c1-26-18-10-15-6-7-23-21(17(15)11-19(18)27-2)20(12-22)28-14-16(25)13-24-8-4-3-5-9-24/h10-11,16,23,25H,3-9,13-14H2,1-2H3. The second-order valence-corrected chi connectivity index (χ2v) is 8.21. The van der Waals surface area contributed by atoms with Gasteiger partial charge < -0.3 is 24.8 Å². The lowest BCUT2D eigenvalue weighted by Crippen LogP contribution is -2.37. The minimum absolute atomic E-state index is 0.444. The van der Waals surface area contributed by atoms with Gasteiger partial charge in [0.25, 0.3) is 0 Å². The zero-order valence-electron chi connectivity index (χ0n) is 16.7. The second kappa shape index (κ2) is 10.1. The third-order valence-corrected chi connectivity index (χ3v) is 6.38. The number of methoxy groups -OCH3 is 2. The highest BCUT2D eigenvalue weighted by Crippen LogP contribution is 2.37. The Hall–Kier alpha value is -1.88. The van der Waals surface area contributed by atoms with Crippen molar-refractivity contribution in [3.63, 3.8) is 0 Å². The number of nitrogens with one attached hydrogen (secondary N) is 1. The molecule has 0 spiro atoms. The highest BCUT2D eigenvalue weighted by molar-refractivity contribution is 8.03. The number of benzene rings is 1. The van der Waals surface area contributed by atoms with E-state index in [2.05, 4.69) is 16.3 Å². The first kappa shape index (κ1) is 20.8. The number of fused-ring (bicyclic) bond motifs is 1. The number of hydrogen-bond donors (Lipinski definition) is 2. The van der Waals surface area contributed by atoms with E-state index in [4.69, 9.17) is 9.47 Å². The average Bonchev–Trinajstić information content (AvgIpc) is 2.73.